The number of nitrogens with one attached hydrogen (secondary N) is 2. The monoisotopic (exact) mass is 282 g/mol. The number of amides is 1. The summed E-state index contributed by atoms with van der Waals surface area (Å²) in [7, 11) is 1.88. The van der Waals surface area contributed by atoms with E-state index in [9.17, 15) is 4.79 Å². The normalized spacial score (nSPS) is 11.8. The van der Waals surface area contributed by atoms with E-state index in [-0.39, 0.29) is 11.9 Å². The molecule has 0 aliphatic heterocycles. The molecule has 0 aliphatic rings. The van der Waals surface area contributed by atoms with Crippen molar-refractivity contribution in [2.24, 2.45) is 0 Å². The van der Waals surface area contributed by atoms with E-state index in [1.807, 2.05) is 57.3 Å². The summed E-state index contributed by atoms with van der Waals surface area (Å²) >= 11 is 0. The topological polar surface area (TPSA) is 41.1 Å². The number of benzene rings is 2. The largest absolute Gasteiger partial charge is 0.388 e. The van der Waals surface area contributed by atoms with Crippen LogP contribution in [-0.4, -0.2) is 19.0 Å². The second-order valence-corrected chi connectivity index (χ2v) is 5.34. The van der Waals surface area contributed by atoms with Gasteiger partial charge in [-0.2, -0.15) is 0 Å². The van der Waals surface area contributed by atoms with Crippen molar-refractivity contribution < 1.29 is 4.79 Å². The third kappa shape index (κ3) is 4.09. The Morgan fingerprint density at radius 2 is 1.86 bits per heavy atom. The highest BCUT2D eigenvalue weighted by Crippen LogP contribution is 2.16. The SMILES string of the molecule is CNc1ccc(C(=O)NC(C)Cc2ccccc2)cc1C. The van der Waals surface area contributed by atoms with Gasteiger partial charge in [-0.3, -0.25) is 4.79 Å². The summed E-state index contributed by atoms with van der Waals surface area (Å²) in [5.41, 5.74) is 4.04. The minimum Gasteiger partial charge on any atom is -0.388 e. The maximum absolute atomic E-state index is 12.3. The van der Waals surface area contributed by atoms with E-state index in [4.69, 9.17) is 0 Å². The van der Waals surface area contributed by atoms with Crippen molar-refractivity contribution in [2.45, 2.75) is 26.3 Å². The second-order valence-electron chi connectivity index (χ2n) is 5.34. The van der Waals surface area contributed by atoms with Crippen LogP contribution >= 0.6 is 0 Å². The molecule has 2 aromatic rings. The number of hydrogen-bond acceptors (Lipinski definition) is 2. The van der Waals surface area contributed by atoms with Gasteiger partial charge in [0.1, 0.15) is 0 Å². The standard InChI is InChI=1S/C18H22N2O/c1-13-11-16(9-10-17(13)19-3)18(21)20-14(2)12-15-7-5-4-6-8-15/h4-11,14,19H,12H2,1-3H3,(H,20,21). The van der Waals surface area contributed by atoms with Crippen LogP contribution in [-0.2, 0) is 6.42 Å². The van der Waals surface area contributed by atoms with Crippen molar-refractivity contribution in [1.29, 1.82) is 0 Å². The van der Waals surface area contributed by atoms with E-state index in [0.717, 1.165) is 17.7 Å². The molecule has 1 atom stereocenters. The molecule has 0 bridgehead atoms. The van der Waals surface area contributed by atoms with Gasteiger partial charge in [-0.25, -0.2) is 0 Å². The Morgan fingerprint density at radius 3 is 2.48 bits per heavy atom. The molecular formula is C18H22N2O. The maximum atomic E-state index is 12.3. The first kappa shape index (κ1) is 15.1. The molecule has 2 N–H and O–H groups in total. The summed E-state index contributed by atoms with van der Waals surface area (Å²) in [5.74, 6) is -0.0239. The Balaban J connectivity index is 1.99. The zero-order valence-corrected chi connectivity index (χ0v) is 12.8. The number of anilines is 1. The lowest BCUT2D eigenvalue weighted by molar-refractivity contribution is 0.0940. The fourth-order valence-electron chi connectivity index (χ4n) is 2.41. The molecule has 0 saturated heterocycles. The first-order chi connectivity index (χ1) is 10.1. The summed E-state index contributed by atoms with van der Waals surface area (Å²) in [6, 6.07) is 16.0. The third-order valence-electron chi connectivity index (χ3n) is 3.52. The van der Waals surface area contributed by atoms with Gasteiger partial charge in [0, 0.05) is 24.3 Å². The molecule has 0 aromatic heterocycles. The molecule has 0 aliphatic carbocycles. The summed E-state index contributed by atoms with van der Waals surface area (Å²) < 4.78 is 0. The van der Waals surface area contributed by atoms with Gasteiger partial charge in [0.25, 0.3) is 5.91 Å². The van der Waals surface area contributed by atoms with E-state index in [0.29, 0.717) is 5.56 Å². The highest BCUT2D eigenvalue weighted by Gasteiger charge is 2.11. The van der Waals surface area contributed by atoms with Gasteiger partial charge in [-0.05, 0) is 49.6 Å². The van der Waals surface area contributed by atoms with Crippen molar-refractivity contribution in [1.82, 2.24) is 5.32 Å². The molecule has 3 nitrogen and oxygen atoms in total. The summed E-state index contributed by atoms with van der Waals surface area (Å²) in [6.07, 6.45) is 0.833. The molecule has 0 heterocycles. The van der Waals surface area contributed by atoms with Crippen LogP contribution in [0.4, 0.5) is 5.69 Å². The third-order valence-corrected chi connectivity index (χ3v) is 3.52. The van der Waals surface area contributed by atoms with Crippen LogP contribution in [0.15, 0.2) is 48.5 Å². The minimum atomic E-state index is -0.0239. The molecule has 3 heteroatoms. The highest BCUT2D eigenvalue weighted by atomic mass is 16.1. The lowest BCUT2D eigenvalue weighted by Crippen LogP contribution is -2.34. The fraction of sp³-hybridized carbons (Fsp3) is 0.278. The predicted octanol–water partition coefficient (Wildman–Crippen LogP) is 3.40. The molecule has 110 valence electrons. The van der Waals surface area contributed by atoms with Gasteiger partial charge in [0.15, 0.2) is 0 Å². The molecule has 0 fully saturated rings. The smallest absolute Gasteiger partial charge is 0.251 e. The van der Waals surface area contributed by atoms with Crippen molar-refractivity contribution in [3.63, 3.8) is 0 Å². The van der Waals surface area contributed by atoms with Crippen LogP contribution in [0.5, 0.6) is 0 Å². The van der Waals surface area contributed by atoms with E-state index in [1.54, 1.807) is 0 Å². The lowest BCUT2D eigenvalue weighted by Gasteiger charge is -2.15. The maximum Gasteiger partial charge on any atom is 0.251 e. The molecule has 0 radical (unpaired) electrons. The van der Waals surface area contributed by atoms with Crippen LogP contribution in [0.2, 0.25) is 0 Å². The zero-order valence-electron chi connectivity index (χ0n) is 12.8. The van der Waals surface area contributed by atoms with Gasteiger partial charge in [-0.1, -0.05) is 30.3 Å². The first-order valence-corrected chi connectivity index (χ1v) is 7.23. The van der Waals surface area contributed by atoms with Gasteiger partial charge in [-0.15, -0.1) is 0 Å². The molecule has 0 spiro atoms. The molecule has 1 amide bonds. The number of carbonyl (C=O) groups is 1. The quantitative estimate of drug-likeness (QED) is 0.882. The average Bonchev–Trinajstić information content (AvgIpc) is 2.48. The Labute approximate surface area is 126 Å². The van der Waals surface area contributed by atoms with Crippen LogP contribution in [0.1, 0.15) is 28.4 Å². The van der Waals surface area contributed by atoms with Crippen molar-refractivity contribution in [3.8, 4) is 0 Å². The predicted molar refractivity (Wildman–Crippen MR) is 87.8 cm³/mol. The van der Waals surface area contributed by atoms with Crippen LogP contribution in [0.25, 0.3) is 0 Å². The van der Waals surface area contributed by atoms with E-state index in [1.165, 1.54) is 5.56 Å². The summed E-state index contributed by atoms with van der Waals surface area (Å²) in [4.78, 5) is 12.3. The molecule has 2 aromatic carbocycles. The van der Waals surface area contributed by atoms with E-state index >= 15 is 0 Å². The molecule has 0 saturated carbocycles. The van der Waals surface area contributed by atoms with E-state index in [2.05, 4.69) is 22.8 Å². The van der Waals surface area contributed by atoms with Gasteiger partial charge >= 0.3 is 0 Å². The van der Waals surface area contributed by atoms with Gasteiger partial charge < -0.3 is 10.6 Å². The lowest BCUT2D eigenvalue weighted by atomic mass is 10.1. The molecule has 2 rings (SSSR count). The van der Waals surface area contributed by atoms with Crippen molar-refractivity contribution >= 4 is 11.6 Å². The summed E-state index contributed by atoms with van der Waals surface area (Å²) in [5, 5.41) is 6.15. The Kier molecular flexibility index (Phi) is 4.99. The summed E-state index contributed by atoms with van der Waals surface area (Å²) in [6.45, 7) is 4.02. The van der Waals surface area contributed by atoms with Crippen LogP contribution in [0, 0.1) is 6.92 Å². The second kappa shape index (κ2) is 6.93. The number of hydrogen-bond donors (Lipinski definition) is 2. The molecule has 21 heavy (non-hydrogen) atoms. The van der Waals surface area contributed by atoms with Gasteiger partial charge in [0.2, 0.25) is 0 Å². The van der Waals surface area contributed by atoms with Crippen molar-refractivity contribution in [2.75, 3.05) is 12.4 Å². The number of rotatable bonds is 5. The zero-order chi connectivity index (χ0) is 15.2. The Bertz CT molecular complexity index is 608. The Hall–Kier alpha value is -2.29. The van der Waals surface area contributed by atoms with Gasteiger partial charge in [0.05, 0.1) is 0 Å². The van der Waals surface area contributed by atoms with Crippen LogP contribution in [0.3, 0.4) is 0 Å². The molecule has 1 unspecified atom stereocenters. The Morgan fingerprint density at radius 1 is 1.14 bits per heavy atom. The van der Waals surface area contributed by atoms with Crippen LogP contribution < -0.4 is 10.6 Å². The average molecular weight is 282 g/mol. The highest BCUT2D eigenvalue weighted by molar-refractivity contribution is 5.95. The van der Waals surface area contributed by atoms with E-state index < -0.39 is 0 Å². The fourth-order valence-corrected chi connectivity index (χ4v) is 2.41. The molecular weight excluding hydrogens is 260 g/mol. The number of aryl methyl sites for hydroxylation is 1. The first-order valence-electron chi connectivity index (χ1n) is 7.23. The van der Waals surface area contributed by atoms with Crippen molar-refractivity contribution in [3.05, 3.63) is 65.2 Å². The number of carbonyl (C=O) groups excluding carboxylic acids is 1. The minimum absolute atomic E-state index is 0.0239.